The van der Waals surface area contributed by atoms with E-state index in [4.69, 9.17) is 6.42 Å². The van der Waals surface area contributed by atoms with Gasteiger partial charge in [0.25, 0.3) is 0 Å². The van der Waals surface area contributed by atoms with E-state index in [0.29, 0.717) is 5.92 Å². The van der Waals surface area contributed by atoms with Crippen molar-refractivity contribution < 1.29 is 5.11 Å². The lowest BCUT2D eigenvalue weighted by Gasteiger charge is -2.41. The van der Waals surface area contributed by atoms with Gasteiger partial charge in [0, 0.05) is 13.1 Å². The third kappa shape index (κ3) is 2.24. The predicted molar refractivity (Wildman–Crippen MR) is 54.3 cm³/mol. The lowest BCUT2D eigenvalue weighted by atomic mass is 9.92. The summed E-state index contributed by atoms with van der Waals surface area (Å²) in [5.41, 5.74) is -0.172. The number of aliphatic hydroxyl groups is 1. The van der Waals surface area contributed by atoms with E-state index >= 15 is 0 Å². The molecule has 0 aromatic rings. The summed E-state index contributed by atoms with van der Waals surface area (Å²) in [5.74, 6) is 3.13. The van der Waals surface area contributed by atoms with Crippen molar-refractivity contribution in [2.24, 2.45) is 5.92 Å². The Kier molecular flexibility index (Phi) is 3.00. The number of hydrogen-bond donors (Lipinski definition) is 1. The zero-order chi connectivity index (χ0) is 10.1. The van der Waals surface area contributed by atoms with Crippen LogP contribution in [0.3, 0.4) is 0 Å². The Balaban J connectivity index is 2.61. The van der Waals surface area contributed by atoms with E-state index in [1.807, 2.05) is 0 Å². The summed E-state index contributed by atoms with van der Waals surface area (Å²) in [7, 11) is 0. The van der Waals surface area contributed by atoms with Gasteiger partial charge in [-0.2, -0.15) is 0 Å². The smallest absolute Gasteiger partial charge is 0.0766 e. The van der Waals surface area contributed by atoms with E-state index in [-0.39, 0.29) is 11.6 Å². The maximum atomic E-state index is 9.56. The first-order valence-corrected chi connectivity index (χ1v) is 4.88. The van der Waals surface area contributed by atoms with Crippen molar-refractivity contribution in [3.63, 3.8) is 0 Å². The van der Waals surface area contributed by atoms with Crippen LogP contribution in [0, 0.1) is 18.3 Å². The third-order valence-electron chi connectivity index (χ3n) is 3.00. The molecule has 0 saturated carbocycles. The quantitative estimate of drug-likeness (QED) is 0.612. The largest absolute Gasteiger partial charge is 0.393 e. The zero-order valence-electron chi connectivity index (χ0n) is 8.75. The van der Waals surface area contributed by atoms with Gasteiger partial charge in [-0.05, 0) is 26.2 Å². The first kappa shape index (κ1) is 10.6. The van der Waals surface area contributed by atoms with Gasteiger partial charge in [-0.3, -0.25) is 4.90 Å². The van der Waals surface area contributed by atoms with Crippen LogP contribution in [0.5, 0.6) is 0 Å². The number of nitrogens with zero attached hydrogens (tertiary/aromatic N) is 1. The molecule has 0 aromatic carbocycles. The molecule has 1 saturated heterocycles. The van der Waals surface area contributed by atoms with Crippen LogP contribution in [0.1, 0.15) is 27.2 Å². The topological polar surface area (TPSA) is 23.5 Å². The lowest BCUT2D eigenvalue weighted by Crippen LogP contribution is -2.51. The second kappa shape index (κ2) is 3.69. The van der Waals surface area contributed by atoms with Gasteiger partial charge in [0.05, 0.1) is 11.6 Å². The average Bonchev–Trinajstić information content (AvgIpc) is 2.09. The van der Waals surface area contributed by atoms with Crippen LogP contribution in [0.15, 0.2) is 0 Å². The Morgan fingerprint density at radius 3 is 2.62 bits per heavy atom. The third-order valence-corrected chi connectivity index (χ3v) is 3.00. The molecule has 0 amide bonds. The molecule has 2 atom stereocenters. The molecule has 1 heterocycles. The van der Waals surface area contributed by atoms with Crippen LogP contribution in [-0.2, 0) is 0 Å². The fourth-order valence-electron chi connectivity index (χ4n) is 1.73. The van der Waals surface area contributed by atoms with Gasteiger partial charge in [-0.25, -0.2) is 0 Å². The monoisotopic (exact) mass is 181 g/mol. The number of terminal acetylenes is 1. The summed E-state index contributed by atoms with van der Waals surface area (Å²) >= 11 is 0. The molecule has 0 bridgehead atoms. The molecule has 1 aliphatic heterocycles. The van der Waals surface area contributed by atoms with E-state index in [0.717, 1.165) is 19.5 Å². The van der Waals surface area contributed by atoms with Gasteiger partial charge >= 0.3 is 0 Å². The Labute approximate surface area is 80.9 Å². The highest BCUT2D eigenvalue weighted by molar-refractivity contribution is 5.09. The highest BCUT2D eigenvalue weighted by atomic mass is 16.3. The van der Waals surface area contributed by atoms with E-state index in [9.17, 15) is 5.11 Å². The molecule has 2 nitrogen and oxygen atoms in total. The Morgan fingerprint density at radius 2 is 2.15 bits per heavy atom. The van der Waals surface area contributed by atoms with Crippen molar-refractivity contribution in [2.45, 2.75) is 38.8 Å². The normalized spacial score (nSPS) is 31.3. The summed E-state index contributed by atoms with van der Waals surface area (Å²) in [6.45, 7) is 7.99. The highest BCUT2D eigenvalue weighted by Crippen LogP contribution is 2.23. The van der Waals surface area contributed by atoms with Gasteiger partial charge in [-0.15, -0.1) is 6.42 Å². The van der Waals surface area contributed by atoms with Crippen LogP contribution in [0.25, 0.3) is 0 Å². The molecule has 74 valence electrons. The van der Waals surface area contributed by atoms with Gasteiger partial charge in [-0.1, -0.05) is 12.8 Å². The highest BCUT2D eigenvalue weighted by Gasteiger charge is 2.31. The molecule has 2 heteroatoms. The standard InChI is InChI=1S/C11H19NO/c1-5-11(3,4)12-7-6-10(13)9(2)8-12/h1,9-10,13H,6-8H2,2-4H3/t9-,10+/m0/s1. The molecule has 13 heavy (non-hydrogen) atoms. The van der Waals surface area contributed by atoms with Crippen molar-refractivity contribution >= 4 is 0 Å². The molecule has 0 aliphatic carbocycles. The molecule has 0 aromatic heterocycles. The maximum absolute atomic E-state index is 9.56. The van der Waals surface area contributed by atoms with Crippen molar-refractivity contribution in [3.8, 4) is 12.3 Å². The summed E-state index contributed by atoms with van der Waals surface area (Å²) < 4.78 is 0. The van der Waals surface area contributed by atoms with E-state index in [1.54, 1.807) is 0 Å². The van der Waals surface area contributed by atoms with Crippen molar-refractivity contribution in [3.05, 3.63) is 0 Å². The summed E-state index contributed by atoms with van der Waals surface area (Å²) in [6, 6.07) is 0. The summed E-state index contributed by atoms with van der Waals surface area (Å²) in [4.78, 5) is 2.27. The Bertz CT molecular complexity index is 217. The molecular formula is C11H19NO. The zero-order valence-corrected chi connectivity index (χ0v) is 8.75. The molecular weight excluding hydrogens is 162 g/mol. The molecule has 0 spiro atoms. The Morgan fingerprint density at radius 1 is 1.54 bits per heavy atom. The molecule has 0 unspecified atom stereocenters. The first-order valence-electron chi connectivity index (χ1n) is 4.88. The average molecular weight is 181 g/mol. The molecule has 1 N–H and O–H groups in total. The summed E-state index contributed by atoms with van der Waals surface area (Å²) in [6.07, 6.45) is 6.15. The van der Waals surface area contributed by atoms with E-state index in [1.165, 1.54) is 0 Å². The minimum Gasteiger partial charge on any atom is -0.393 e. The lowest BCUT2D eigenvalue weighted by molar-refractivity contribution is 0.00902. The molecule has 1 rings (SSSR count). The number of likely N-dealkylation sites (tertiary alicyclic amines) is 1. The van der Waals surface area contributed by atoms with Gasteiger partial charge in [0.15, 0.2) is 0 Å². The van der Waals surface area contributed by atoms with Gasteiger partial charge in [0.1, 0.15) is 0 Å². The van der Waals surface area contributed by atoms with Crippen molar-refractivity contribution in [1.29, 1.82) is 0 Å². The predicted octanol–water partition coefficient (Wildman–Crippen LogP) is 1.10. The molecule has 1 aliphatic rings. The van der Waals surface area contributed by atoms with Gasteiger partial charge in [0.2, 0.25) is 0 Å². The maximum Gasteiger partial charge on any atom is 0.0766 e. The van der Waals surface area contributed by atoms with Crippen LogP contribution < -0.4 is 0 Å². The molecule has 1 fully saturated rings. The number of rotatable bonds is 1. The van der Waals surface area contributed by atoms with E-state index < -0.39 is 0 Å². The van der Waals surface area contributed by atoms with E-state index in [2.05, 4.69) is 31.6 Å². The minimum absolute atomic E-state index is 0.148. The number of hydrogen-bond acceptors (Lipinski definition) is 2. The second-order valence-electron chi connectivity index (χ2n) is 4.48. The molecule has 0 radical (unpaired) electrons. The second-order valence-corrected chi connectivity index (χ2v) is 4.48. The fourth-order valence-corrected chi connectivity index (χ4v) is 1.73. The van der Waals surface area contributed by atoms with Crippen LogP contribution in [-0.4, -0.2) is 34.7 Å². The van der Waals surface area contributed by atoms with Crippen molar-refractivity contribution in [2.75, 3.05) is 13.1 Å². The fraction of sp³-hybridized carbons (Fsp3) is 0.818. The SMILES string of the molecule is C#CC(C)(C)N1CC[C@@H](O)[C@@H](C)C1. The van der Waals surface area contributed by atoms with Crippen LogP contribution in [0.2, 0.25) is 0 Å². The van der Waals surface area contributed by atoms with Gasteiger partial charge < -0.3 is 5.11 Å². The van der Waals surface area contributed by atoms with Crippen LogP contribution in [0.4, 0.5) is 0 Å². The minimum atomic E-state index is -0.172. The first-order chi connectivity index (χ1) is 5.97. The van der Waals surface area contributed by atoms with Crippen molar-refractivity contribution in [1.82, 2.24) is 4.90 Å². The number of piperidine rings is 1. The van der Waals surface area contributed by atoms with Crippen LogP contribution >= 0.6 is 0 Å². The Hall–Kier alpha value is -0.520. The summed E-state index contributed by atoms with van der Waals surface area (Å²) in [5, 5.41) is 9.56. The number of aliphatic hydroxyl groups excluding tert-OH is 1.